The van der Waals surface area contributed by atoms with Gasteiger partial charge < -0.3 is 0 Å². The predicted octanol–water partition coefficient (Wildman–Crippen LogP) is 6.22. The number of rotatable bonds is 6. The van der Waals surface area contributed by atoms with Gasteiger partial charge in [-0.25, -0.2) is 0 Å². The average Bonchev–Trinajstić information content (AvgIpc) is 2.62. The summed E-state index contributed by atoms with van der Waals surface area (Å²) in [7, 11) is 0. The maximum absolute atomic E-state index is 13.6. The van der Waals surface area contributed by atoms with Gasteiger partial charge in [0.2, 0.25) is 11.9 Å². The van der Waals surface area contributed by atoms with Crippen molar-refractivity contribution in [3.63, 3.8) is 0 Å². The highest BCUT2D eigenvalue weighted by molar-refractivity contribution is 5.27. The molecule has 1 aromatic heterocycles. The van der Waals surface area contributed by atoms with Gasteiger partial charge in [0.25, 0.3) is 0 Å². The SMILES string of the molecule is CCCC1CCC(c2ccc(CCc3ccc(F)nc3F)cc2)CC1. The van der Waals surface area contributed by atoms with Crippen molar-refractivity contribution in [1.82, 2.24) is 4.98 Å². The molecule has 0 aliphatic heterocycles. The van der Waals surface area contributed by atoms with Gasteiger partial charge in [0.05, 0.1) is 0 Å². The summed E-state index contributed by atoms with van der Waals surface area (Å²) in [6, 6.07) is 11.5. The van der Waals surface area contributed by atoms with Crippen molar-refractivity contribution in [2.45, 2.75) is 64.2 Å². The smallest absolute Gasteiger partial charge is 0.190 e. The van der Waals surface area contributed by atoms with Crippen molar-refractivity contribution in [1.29, 1.82) is 0 Å². The van der Waals surface area contributed by atoms with Crippen LogP contribution >= 0.6 is 0 Å². The lowest BCUT2D eigenvalue weighted by Crippen LogP contribution is -2.13. The number of hydrogen-bond acceptors (Lipinski definition) is 1. The number of hydrogen-bond donors (Lipinski definition) is 0. The van der Waals surface area contributed by atoms with Crippen LogP contribution in [0.2, 0.25) is 0 Å². The quantitative estimate of drug-likeness (QED) is 0.567. The molecule has 25 heavy (non-hydrogen) atoms. The predicted molar refractivity (Wildman–Crippen MR) is 97.6 cm³/mol. The van der Waals surface area contributed by atoms with Gasteiger partial charge in [-0.1, -0.05) is 44.0 Å². The molecule has 1 nitrogen and oxygen atoms in total. The van der Waals surface area contributed by atoms with E-state index in [1.165, 1.54) is 61.8 Å². The van der Waals surface area contributed by atoms with Crippen molar-refractivity contribution in [3.8, 4) is 0 Å². The lowest BCUT2D eigenvalue weighted by atomic mass is 9.77. The first kappa shape index (κ1) is 18.0. The van der Waals surface area contributed by atoms with E-state index in [1.54, 1.807) is 0 Å². The van der Waals surface area contributed by atoms with Crippen LogP contribution in [0, 0.1) is 17.8 Å². The molecule has 1 aliphatic carbocycles. The van der Waals surface area contributed by atoms with Crippen LogP contribution in [0.5, 0.6) is 0 Å². The largest absolute Gasteiger partial charge is 0.218 e. The van der Waals surface area contributed by atoms with E-state index >= 15 is 0 Å². The summed E-state index contributed by atoms with van der Waals surface area (Å²) in [4.78, 5) is 3.25. The summed E-state index contributed by atoms with van der Waals surface area (Å²) in [6.07, 6.45) is 9.28. The minimum absolute atomic E-state index is 0.472. The van der Waals surface area contributed by atoms with E-state index in [1.807, 2.05) is 0 Å². The van der Waals surface area contributed by atoms with Crippen molar-refractivity contribution in [2.75, 3.05) is 0 Å². The second-order valence-electron chi connectivity index (χ2n) is 7.33. The summed E-state index contributed by atoms with van der Waals surface area (Å²) in [6.45, 7) is 2.28. The van der Waals surface area contributed by atoms with E-state index in [2.05, 4.69) is 36.2 Å². The molecule has 2 aromatic rings. The fourth-order valence-electron chi connectivity index (χ4n) is 4.06. The van der Waals surface area contributed by atoms with E-state index in [4.69, 9.17) is 0 Å². The number of halogens is 2. The minimum atomic E-state index is -0.765. The molecule has 0 unspecified atom stereocenters. The fourth-order valence-corrected chi connectivity index (χ4v) is 4.06. The molecule has 0 saturated heterocycles. The zero-order valence-electron chi connectivity index (χ0n) is 15.0. The molecule has 0 radical (unpaired) electrons. The van der Waals surface area contributed by atoms with E-state index < -0.39 is 11.9 Å². The fraction of sp³-hybridized carbons (Fsp3) is 0.500. The van der Waals surface area contributed by atoms with E-state index in [0.717, 1.165) is 12.3 Å². The number of benzene rings is 1. The summed E-state index contributed by atoms with van der Waals surface area (Å²) in [5.41, 5.74) is 3.10. The number of aryl methyl sites for hydroxylation is 2. The second-order valence-corrected chi connectivity index (χ2v) is 7.33. The van der Waals surface area contributed by atoms with Gasteiger partial charge in [0.15, 0.2) is 0 Å². The van der Waals surface area contributed by atoms with E-state index in [-0.39, 0.29) is 0 Å². The zero-order chi connectivity index (χ0) is 17.6. The summed E-state index contributed by atoms with van der Waals surface area (Å²) >= 11 is 0. The van der Waals surface area contributed by atoms with E-state index in [9.17, 15) is 8.78 Å². The van der Waals surface area contributed by atoms with Gasteiger partial charge in [-0.05, 0) is 73.6 Å². The third-order valence-corrected chi connectivity index (χ3v) is 5.57. The summed E-state index contributed by atoms with van der Waals surface area (Å²) in [5.74, 6) is 0.167. The molecule has 1 saturated carbocycles. The number of aromatic nitrogens is 1. The maximum atomic E-state index is 13.6. The van der Waals surface area contributed by atoms with Gasteiger partial charge in [0, 0.05) is 5.56 Å². The van der Waals surface area contributed by atoms with Crippen LogP contribution < -0.4 is 0 Å². The van der Waals surface area contributed by atoms with Crippen LogP contribution in [0.1, 0.15) is 68.1 Å². The Morgan fingerprint density at radius 1 is 0.920 bits per heavy atom. The van der Waals surface area contributed by atoms with Crippen molar-refractivity contribution in [3.05, 3.63) is 65.0 Å². The Morgan fingerprint density at radius 2 is 1.64 bits per heavy atom. The monoisotopic (exact) mass is 343 g/mol. The molecule has 0 atom stereocenters. The third kappa shape index (κ3) is 4.87. The minimum Gasteiger partial charge on any atom is -0.190 e. The Labute approximate surface area is 149 Å². The van der Waals surface area contributed by atoms with Gasteiger partial charge in [-0.3, -0.25) is 0 Å². The highest BCUT2D eigenvalue weighted by Crippen LogP contribution is 2.37. The molecular weight excluding hydrogens is 316 g/mol. The number of pyridine rings is 1. The molecule has 1 heterocycles. The Hall–Kier alpha value is -1.77. The first-order valence-electron chi connectivity index (χ1n) is 9.55. The molecule has 134 valence electrons. The van der Waals surface area contributed by atoms with Crippen LogP contribution in [-0.2, 0) is 12.8 Å². The standard InChI is InChI=1S/C22H27F2N/c1-2-3-16-4-9-18(10-5-16)19-11-6-17(7-12-19)8-13-20-14-15-21(23)25-22(20)24/h6-7,11-12,14-16,18H,2-5,8-10,13H2,1H3. The topological polar surface area (TPSA) is 12.9 Å². The van der Waals surface area contributed by atoms with Gasteiger partial charge in [-0.15, -0.1) is 0 Å². The molecule has 0 amide bonds. The zero-order valence-corrected chi connectivity index (χ0v) is 15.0. The maximum Gasteiger partial charge on any atom is 0.218 e. The Bertz CT molecular complexity index is 673. The lowest BCUT2D eigenvalue weighted by molar-refractivity contribution is 0.308. The molecule has 3 heteroatoms. The first-order chi connectivity index (χ1) is 12.2. The summed E-state index contributed by atoms with van der Waals surface area (Å²) in [5, 5.41) is 0. The highest BCUT2D eigenvalue weighted by Gasteiger charge is 2.21. The van der Waals surface area contributed by atoms with Crippen molar-refractivity contribution in [2.24, 2.45) is 5.92 Å². The Kier molecular flexibility index (Phi) is 6.17. The van der Waals surface area contributed by atoms with Crippen molar-refractivity contribution >= 4 is 0 Å². The molecule has 0 bridgehead atoms. The Balaban J connectivity index is 1.54. The van der Waals surface area contributed by atoms with Crippen molar-refractivity contribution < 1.29 is 8.78 Å². The average molecular weight is 343 g/mol. The van der Waals surface area contributed by atoms with Gasteiger partial charge >= 0.3 is 0 Å². The molecule has 3 rings (SSSR count). The lowest BCUT2D eigenvalue weighted by Gasteiger charge is -2.28. The molecule has 0 spiro atoms. The van der Waals surface area contributed by atoms with Crippen LogP contribution in [0.3, 0.4) is 0 Å². The van der Waals surface area contributed by atoms with Gasteiger partial charge in [-0.2, -0.15) is 13.8 Å². The second kappa shape index (κ2) is 8.55. The normalized spacial score (nSPS) is 20.6. The molecule has 0 N–H and O–H groups in total. The summed E-state index contributed by atoms with van der Waals surface area (Å²) < 4.78 is 26.4. The molecule has 1 aliphatic rings. The van der Waals surface area contributed by atoms with E-state index in [0.29, 0.717) is 17.9 Å². The van der Waals surface area contributed by atoms with Crippen LogP contribution in [0.4, 0.5) is 8.78 Å². The van der Waals surface area contributed by atoms with Gasteiger partial charge in [0.1, 0.15) is 0 Å². The first-order valence-corrected chi connectivity index (χ1v) is 9.55. The number of nitrogens with zero attached hydrogens (tertiary/aromatic N) is 1. The highest BCUT2D eigenvalue weighted by atomic mass is 19.1. The molecule has 1 aromatic carbocycles. The van der Waals surface area contributed by atoms with Crippen LogP contribution in [0.15, 0.2) is 36.4 Å². The molecule has 1 fully saturated rings. The Morgan fingerprint density at radius 3 is 2.28 bits per heavy atom. The van der Waals surface area contributed by atoms with Crippen LogP contribution in [-0.4, -0.2) is 4.98 Å². The molecular formula is C22H27F2N. The van der Waals surface area contributed by atoms with Crippen LogP contribution in [0.25, 0.3) is 0 Å². The third-order valence-electron chi connectivity index (χ3n) is 5.57.